The fraction of sp³-hybridized carbons (Fsp3) is 0.375. The van der Waals surface area contributed by atoms with Crippen molar-refractivity contribution in [1.29, 1.82) is 0 Å². The lowest BCUT2D eigenvalue weighted by Crippen LogP contribution is -2.33. The fourth-order valence-corrected chi connectivity index (χ4v) is 2.62. The van der Waals surface area contributed by atoms with Gasteiger partial charge >= 0.3 is 0 Å². The largest absolute Gasteiger partial charge is 0.360 e. The van der Waals surface area contributed by atoms with E-state index in [1.165, 1.54) is 0 Å². The van der Waals surface area contributed by atoms with Gasteiger partial charge in [-0.25, -0.2) is 4.98 Å². The lowest BCUT2D eigenvalue weighted by atomic mass is 10.2. The quantitative estimate of drug-likeness (QED) is 0.902. The number of carbonyl (C=O) groups excluding carboxylic acids is 2. The highest BCUT2D eigenvalue weighted by molar-refractivity contribution is 6.03. The summed E-state index contributed by atoms with van der Waals surface area (Å²) in [5, 5.41) is 9.23. The molecule has 0 aromatic carbocycles. The van der Waals surface area contributed by atoms with Gasteiger partial charge in [0.1, 0.15) is 17.1 Å². The van der Waals surface area contributed by atoms with E-state index in [9.17, 15) is 9.59 Å². The minimum Gasteiger partial charge on any atom is -0.360 e. The lowest BCUT2D eigenvalue weighted by molar-refractivity contribution is 0.0932. The Kier molecular flexibility index (Phi) is 4.36. The van der Waals surface area contributed by atoms with Crippen LogP contribution in [0.3, 0.4) is 0 Å². The highest BCUT2D eigenvalue weighted by atomic mass is 16.5. The average molecular weight is 314 g/mol. The third-order valence-corrected chi connectivity index (χ3v) is 3.77. The molecule has 0 aliphatic heterocycles. The van der Waals surface area contributed by atoms with E-state index >= 15 is 0 Å². The Balaban J connectivity index is 1.68. The Labute approximate surface area is 133 Å². The molecular formula is C16H18N4O3. The first-order valence-corrected chi connectivity index (χ1v) is 7.64. The van der Waals surface area contributed by atoms with Crippen molar-refractivity contribution in [1.82, 2.24) is 15.5 Å². The van der Waals surface area contributed by atoms with Crippen LogP contribution in [0.25, 0.3) is 0 Å². The van der Waals surface area contributed by atoms with E-state index in [1.54, 1.807) is 31.2 Å². The second-order valence-electron chi connectivity index (χ2n) is 5.64. The Bertz CT molecular complexity index is 720. The molecule has 0 atom stereocenters. The van der Waals surface area contributed by atoms with E-state index in [1.807, 2.05) is 0 Å². The van der Waals surface area contributed by atoms with E-state index in [0.29, 0.717) is 11.6 Å². The molecule has 7 heteroatoms. The Morgan fingerprint density at radius 1 is 1.17 bits per heavy atom. The van der Waals surface area contributed by atoms with E-state index in [-0.39, 0.29) is 23.3 Å². The monoisotopic (exact) mass is 314 g/mol. The molecule has 0 unspecified atom stereocenters. The van der Waals surface area contributed by atoms with Crippen molar-refractivity contribution >= 4 is 17.6 Å². The summed E-state index contributed by atoms with van der Waals surface area (Å²) in [4.78, 5) is 28.5. The number of nitrogens with one attached hydrogen (secondary N) is 2. The third kappa shape index (κ3) is 3.74. The third-order valence-electron chi connectivity index (χ3n) is 3.77. The molecule has 1 aliphatic carbocycles. The highest BCUT2D eigenvalue weighted by Gasteiger charge is 2.19. The Morgan fingerprint density at radius 3 is 2.52 bits per heavy atom. The molecule has 2 aromatic rings. The summed E-state index contributed by atoms with van der Waals surface area (Å²) in [7, 11) is 0. The van der Waals surface area contributed by atoms with Crippen molar-refractivity contribution in [2.75, 3.05) is 5.32 Å². The van der Waals surface area contributed by atoms with Gasteiger partial charge in [-0.15, -0.1) is 0 Å². The van der Waals surface area contributed by atoms with Gasteiger partial charge in [0.15, 0.2) is 5.82 Å². The molecule has 2 aromatic heterocycles. The molecule has 23 heavy (non-hydrogen) atoms. The van der Waals surface area contributed by atoms with E-state index in [0.717, 1.165) is 25.7 Å². The van der Waals surface area contributed by atoms with E-state index in [4.69, 9.17) is 4.52 Å². The van der Waals surface area contributed by atoms with Gasteiger partial charge in [0.2, 0.25) is 0 Å². The molecule has 1 saturated carbocycles. The molecule has 2 N–H and O–H groups in total. The SMILES string of the molecule is Cc1cc(NC(=O)c2cccc(C(=O)NC3CCCC3)n2)no1. The van der Waals surface area contributed by atoms with Gasteiger partial charge in [0, 0.05) is 12.1 Å². The first-order chi connectivity index (χ1) is 11.1. The number of amides is 2. The Hall–Kier alpha value is -2.70. The molecule has 2 heterocycles. The summed E-state index contributed by atoms with van der Waals surface area (Å²) in [6.07, 6.45) is 4.27. The summed E-state index contributed by atoms with van der Waals surface area (Å²) in [6.45, 7) is 1.73. The minimum atomic E-state index is -0.436. The van der Waals surface area contributed by atoms with Crippen LogP contribution in [0.15, 0.2) is 28.8 Å². The molecule has 0 radical (unpaired) electrons. The number of rotatable bonds is 4. The van der Waals surface area contributed by atoms with Crippen LogP contribution < -0.4 is 10.6 Å². The molecule has 0 spiro atoms. The zero-order valence-electron chi connectivity index (χ0n) is 12.8. The summed E-state index contributed by atoms with van der Waals surface area (Å²) in [5.74, 6) is 0.228. The molecule has 1 aliphatic rings. The number of aryl methyl sites for hydroxylation is 1. The minimum absolute atomic E-state index is 0.157. The summed E-state index contributed by atoms with van der Waals surface area (Å²) in [6, 6.07) is 6.60. The van der Waals surface area contributed by atoms with Crippen molar-refractivity contribution in [3.63, 3.8) is 0 Å². The van der Waals surface area contributed by atoms with Gasteiger partial charge in [0.05, 0.1) is 0 Å². The Morgan fingerprint density at radius 2 is 1.87 bits per heavy atom. The fourth-order valence-electron chi connectivity index (χ4n) is 2.62. The molecule has 2 amide bonds. The maximum Gasteiger partial charge on any atom is 0.275 e. The molecule has 3 rings (SSSR count). The van der Waals surface area contributed by atoms with Crippen molar-refractivity contribution in [3.05, 3.63) is 41.4 Å². The standard InChI is InChI=1S/C16H18N4O3/c1-10-9-14(20-23-10)19-16(22)13-8-4-7-12(18-13)15(21)17-11-5-2-3-6-11/h4,7-9,11H,2-3,5-6H2,1H3,(H,17,21)(H,19,20,22). The van der Waals surface area contributed by atoms with Crippen LogP contribution in [-0.2, 0) is 0 Å². The van der Waals surface area contributed by atoms with Crippen LogP contribution in [0.4, 0.5) is 5.82 Å². The lowest BCUT2D eigenvalue weighted by Gasteiger charge is -2.11. The number of carbonyl (C=O) groups is 2. The summed E-state index contributed by atoms with van der Waals surface area (Å²) < 4.78 is 4.89. The van der Waals surface area contributed by atoms with Crippen LogP contribution in [0.1, 0.15) is 52.4 Å². The van der Waals surface area contributed by atoms with Crippen LogP contribution >= 0.6 is 0 Å². The number of aromatic nitrogens is 2. The van der Waals surface area contributed by atoms with Crippen molar-refractivity contribution in [2.24, 2.45) is 0 Å². The number of hydrogen-bond acceptors (Lipinski definition) is 5. The van der Waals surface area contributed by atoms with Gasteiger partial charge in [-0.05, 0) is 31.9 Å². The number of hydrogen-bond donors (Lipinski definition) is 2. The average Bonchev–Trinajstić information content (AvgIpc) is 3.19. The second kappa shape index (κ2) is 6.60. The smallest absolute Gasteiger partial charge is 0.275 e. The van der Waals surface area contributed by atoms with E-state index < -0.39 is 5.91 Å². The maximum atomic E-state index is 12.2. The summed E-state index contributed by atoms with van der Waals surface area (Å²) >= 11 is 0. The first kappa shape index (κ1) is 15.2. The molecule has 120 valence electrons. The predicted octanol–water partition coefficient (Wildman–Crippen LogP) is 2.30. The maximum absolute atomic E-state index is 12.2. The molecular weight excluding hydrogens is 296 g/mol. The van der Waals surface area contributed by atoms with E-state index in [2.05, 4.69) is 20.8 Å². The normalized spacial score (nSPS) is 14.7. The van der Waals surface area contributed by atoms with Gasteiger partial charge in [-0.1, -0.05) is 24.1 Å². The molecule has 7 nitrogen and oxygen atoms in total. The van der Waals surface area contributed by atoms with Gasteiger partial charge < -0.3 is 15.2 Å². The van der Waals surface area contributed by atoms with Crippen LogP contribution in [0.5, 0.6) is 0 Å². The van der Waals surface area contributed by atoms with Crippen molar-refractivity contribution in [3.8, 4) is 0 Å². The van der Waals surface area contributed by atoms with Crippen LogP contribution in [0.2, 0.25) is 0 Å². The predicted molar refractivity (Wildman–Crippen MR) is 83.2 cm³/mol. The van der Waals surface area contributed by atoms with Crippen LogP contribution in [-0.4, -0.2) is 28.0 Å². The van der Waals surface area contributed by atoms with Gasteiger partial charge in [-0.3, -0.25) is 9.59 Å². The molecule has 1 fully saturated rings. The van der Waals surface area contributed by atoms with Crippen LogP contribution in [0, 0.1) is 6.92 Å². The second-order valence-corrected chi connectivity index (χ2v) is 5.64. The van der Waals surface area contributed by atoms with Gasteiger partial charge in [-0.2, -0.15) is 0 Å². The topological polar surface area (TPSA) is 97.1 Å². The summed E-state index contributed by atoms with van der Waals surface area (Å²) in [5.41, 5.74) is 0.394. The number of nitrogens with zero attached hydrogens (tertiary/aromatic N) is 2. The number of pyridine rings is 1. The molecule has 0 saturated heterocycles. The number of anilines is 1. The zero-order valence-corrected chi connectivity index (χ0v) is 12.8. The molecule has 0 bridgehead atoms. The van der Waals surface area contributed by atoms with Crippen molar-refractivity contribution in [2.45, 2.75) is 38.6 Å². The van der Waals surface area contributed by atoms with Gasteiger partial charge in [0.25, 0.3) is 11.8 Å². The van der Waals surface area contributed by atoms with Crippen molar-refractivity contribution < 1.29 is 14.1 Å². The zero-order chi connectivity index (χ0) is 16.2. The highest BCUT2D eigenvalue weighted by Crippen LogP contribution is 2.18. The first-order valence-electron chi connectivity index (χ1n) is 7.64.